The third-order valence-corrected chi connectivity index (χ3v) is 7.53. The van der Waals surface area contributed by atoms with E-state index in [1.165, 1.54) is 25.7 Å². The lowest BCUT2D eigenvalue weighted by Gasteiger charge is -2.28. The second-order valence-corrected chi connectivity index (χ2v) is 9.28. The van der Waals surface area contributed by atoms with Gasteiger partial charge in [-0.25, -0.2) is 8.78 Å². The van der Waals surface area contributed by atoms with Gasteiger partial charge in [-0.3, -0.25) is 0 Å². The summed E-state index contributed by atoms with van der Waals surface area (Å²) in [6.45, 7) is 2.23. The minimum Gasteiger partial charge on any atom is -0.450 e. The van der Waals surface area contributed by atoms with Crippen molar-refractivity contribution in [2.45, 2.75) is 83.0 Å². The van der Waals surface area contributed by atoms with Crippen LogP contribution >= 0.6 is 0 Å². The number of halogens is 2. The molecule has 0 amide bonds. The maximum atomic E-state index is 15.5. The maximum absolute atomic E-state index is 15.5. The Labute approximate surface area is 171 Å². The van der Waals surface area contributed by atoms with E-state index in [0.717, 1.165) is 55.6 Å². The molecular weight excluding hydrogens is 366 g/mol. The minimum atomic E-state index is -0.286. The second kappa shape index (κ2) is 7.74. The summed E-state index contributed by atoms with van der Waals surface area (Å²) < 4.78 is 36.6. The summed E-state index contributed by atoms with van der Waals surface area (Å²) in [5.41, 5.74) is 1.95. The molecule has 1 nitrogen and oxygen atoms in total. The zero-order valence-electron chi connectivity index (χ0n) is 17.3. The van der Waals surface area contributed by atoms with Gasteiger partial charge in [0.1, 0.15) is 0 Å². The van der Waals surface area contributed by atoms with Gasteiger partial charge in [0, 0.05) is 10.8 Å². The van der Waals surface area contributed by atoms with Crippen LogP contribution in [0.1, 0.15) is 94.1 Å². The Morgan fingerprint density at radius 2 is 1.28 bits per heavy atom. The van der Waals surface area contributed by atoms with Crippen molar-refractivity contribution < 1.29 is 13.2 Å². The van der Waals surface area contributed by atoms with Crippen LogP contribution in [0.5, 0.6) is 0 Å². The van der Waals surface area contributed by atoms with E-state index >= 15 is 8.78 Å². The van der Waals surface area contributed by atoms with Crippen LogP contribution in [0.3, 0.4) is 0 Å². The first kappa shape index (κ1) is 19.1. The van der Waals surface area contributed by atoms with Crippen molar-refractivity contribution in [1.82, 2.24) is 0 Å². The van der Waals surface area contributed by atoms with E-state index in [4.69, 9.17) is 4.42 Å². The average Bonchev–Trinajstić information content (AvgIpc) is 3.39. The molecule has 5 rings (SSSR count). The lowest BCUT2D eigenvalue weighted by Crippen LogP contribution is -2.14. The Morgan fingerprint density at radius 3 is 1.79 bits per heavy atom. The summed E-state index contributed by atoms with van der Waals surface area (Å²) in [5, 5.41) is 1.38. The molecule has 0 atom stereocenters. The molecule has 1 aromatic heterocycles. The van der Waals surface area contributed by atoms with Crippen molar-refractivity contribution in [3.63, 3.8) is 0 Å². The third-order valence-electron chi connectivity index (χ3n) is 7.53. The molecule has 1 heterocycles. The topological polar surface area (TPSA) is 13.1 Å². The first-order valence-electron chi connectivity index (χ1n) is 11.5. The quantitative estimate of drug-likeness (QED) is 0.430. The van der Waals surface area contributed by atoms with E-state index in [2.05, 4.69) is 6.92 Å². The van der Waals surface area contributed by atoms with Crippen molar-refractivity contribution in [3.8, 4) is 0 Å². The SMILES string of the molecule is CCCC1CCC(c2ccc3c(oc4c(F)c(C5CCCC5)ccc43)c2F)CC1. The molecule has 0 spiro atoms. The Balaban J connectivity index is 1.52. The van der Waals surface area contributed by atoms with Gasteiger partial charge < -0.3 is 4.42 Å². The van der Waals surface area contributed by atoms with E-state index in [1.807, 2.05) is 24.3 Å². The van der Waals surface area contributed by atoms with E-state index in [-0.39, 0.29) is 34.6 Å². The molecule has 3 heteroatoms. The summed E-state index contributed by atoms with van der Waals surface area (Å²) in [6.07, 6.45) is 11.3. The molecule has 2 aliphatic carbocycles. The van der Waals surface area contributed by atoms with Crippen molar-refractivity contribution >= 4 is 21.9 Å². The first-order chi connectivity index (χ1) is 14.2. The smallest absolute Gasteiger partial charge is 0.171 e. The van der Waals surface area contributed by atoms with Crippen LogP contribution in [0.2, 0.25) is 0 Å². The average molecular weight is 397 g/mol. The van der Waals surface area contributed by atoms with Crippen LogP contribution in [0.25, 0.3) is 21.9 Å². The van der Waals surface area contributed by atoms with Crippen LogP contribution in [0, 0.1) is 17.6 Å². The molecule has 0 radical (unpaired) electrons. The Bertz CT molecular complexity index is 1020. The third kappa shape index (κ3) is 3.27. The highest BCUT2D eigenvalue weighted by Gasteiger charge is 2.28. The van der Waals surface area contributed by atoms with Crippen LogP contribution in [-0.4, -0.2) is 0 Å². The highest BCUT2D eigenvalue weighted by Crippen LogP contribution is 2.43. The summed E-state index contributed by atoms with van der Waals surface area (Å²) in [7, 11) is 0. The van der Waals surface area contributed by atoms with Crippen LogP contribution < -0.4 is 0 Å². The van der Waals surface area contributed by atoms with Gasteiger partial charge in [0.25, 0.3) is 0 Å². The molecule has 29 heavy (non-hydrogen) atoms. The van der Waals surface area contributed by atoms with E-state index in [0.29, 0.717) is 10.8 Å². The van der Waals surface area contributed by atoms with E-state index in [1.54, 1.807) is 0 Å². The van der Waals surface area contributed by atoms with Gasteiger partial charge in [-0.05, 0) is 79.5 Å². The van der Waals surface area contributed by atoms with Crippen molar-refractivity contribution in [2.75, 3.05) is 0 Å². The Hall–Kier alpha value is -1.90. The van der Waals surface area contributed by atoms with Crippen molar-refractivity contribution in [1.29, 1.82) is 0 Å². The lowest BCUT2D eigenvalue weighted by atomic mass is 9.77. The predicted octanol–water partition coefficient (Wildman–Crippen LogP) is 8.60. The molecule has 0 unspecified atom stereocenters. The zero-order chi connectivity index (χ0) is 20.0. The number of fused-ring (bicyclic) bond motifs is 3. The largest absolute Gasteiger partial charge is 0.450 e. The number of furan rings is 1. The van der Waals surface area contributed by atoms with Gasteiger partial charge in [-0.2, -0.15) is 0 Å². The molecule has 2 aromatic carbocycles. The second-order valence-electron chi connectivity index (χ2n) is 9.28. The molecule has 0 aliphatic heterocycles. The number of hydrogen-bond acceptors (Lipinski definition) is 1. The summed E-state index contributed by atoms with van der Waals surface area (Å²) in [5.74, 6) is 0.745. The number of rotatable bonds is 4. The standard InChI is InChI=1S/C26H30F2O/c1-2-5-16-8-10-18(11-9-16)20-13-15-22-21-14-12-19(17-6-3-4-7-17)23(27)25(21)29-26(22)24(20)28/h12-18H,2-11H2,1H3. The molecule has 2 saturated carbocycles. The molecular formula is C26H30F2O. The number of hydrogen-bond donors (Lipinski definition) is 0. The van der Waals surface area contributed by atoms with E-state index in [9.17, 15) is 0 Å². The van der Waals surface area contributed by atoms with Gasteiger partial charge in [0.05, 0.1) is 0 Å². The zero-order valence-corrected chi connectivity index (χ0v) is 17.3. The molecule has 154 valence electrons. The molecule has 3 aromatic rings. The van der Waals surface area contributed by atoms with Gasteiger partial charge >= 0.3 is 0 Å². The normalized spacial score (nSPS) is 23.4. The molecule has 2 fully saturated rings. The summed E-state index contributed by atoms with van der Waals surface area (Å²) in [4.78, 5) is 0. The Kier molecular flexibility index (Phi) is 5.09. The highest BCUT2D eigenvalue weighted by atomic mass is 19.1. The van der Waals surface area contributed by atoms with Crippen molar-refractivity contribution in [3.05, 3.63) is 47.0 Å². The molecule has 0 bridgehead atoms. The summed E-state index contributed by atoms with van der Waals surface area (Å²) in [6, 6.07) is 7.67. The highest BCUT2D eigenvalue weighted by molar-refractivity contribution is 6.05. The fraction of sp³-hybridized carbons (Fsp3) is 0.538. The minimum absolute atomic E-state index is 0.229. The monoisotopic (exact) mass is 396 g/mol. The van der Waals surface area contributed by atoms with Crippen molar-refractivity contribution in [2.24, 2.45) is 5.92 Å². The van der Waals surface area contributed by atoms with Crippen LogP contribution in [-0.2, 0) is 0 Å². The molecule has 0 saturated heterocycles. The first-order valence-corrected chi connectivity index (χ1v) is 11.5. The van der Waals surface area contributed by atoms with Gasteiger partial charge in [0.15, 0.2) is 22.8 Å². The summed E-state index contributed by atoms with van der Waals surface area (Å²) >= 11 is 0. The Morgan fingerprint density at radius 1 is 0.759 bits per heavy atom. The van der Waals surface area contributed by atoms with Gasteiger partial charge in [0.2, 0.25) is 0 Å². The van der Waals surface area contributed by atoms with Crippen LogP contribution in [0.15, 0.2) is 28.7 Å². The fourth-order valence-electron chi connectivity index (χ4n) is 5.91. The van der Waals surface area contributed by atoms with E-state index < -0.39 is 0 Å². The fourth-order valence-corrected chi connectivity index (χ4v) is 5.91. The molecule has 0 N–H and O–H groups in total. The number of benzene rings is 2. The lowest BCUT2D eigenvalue weighted by molar-refractivity contribution is 0.304. The maximum Gasteiger partial charge on any atom is 0.171 e. The predicted molar refractivity (Wildman–Crippen MR) is 114 cm³/mol. The molecule has 2 aliphatic rings. The van der Waals surface area contributed by atoms with Gasteiger partial charge in [-0.1, -0.05) is 44.7 Å². The van der Waals surface area contributed by atoms with Crippen LogP contribution in [0.4, 0.5) is 8.78 Å². The van der Waals surface area contributed by atoms with Gasteiger partial charge in [-0.15, -0.1) is 0 Å².